The molecule has 6 nitrogen and oxygen atoms in total. The zero-order chi connectivity index (χ0) is 15.5. The highest BCUT2D eigenvalue weighted by Gasteiger charge is 2.13. The van der Waals surface area contributed by atoms with E-state index in [1.165, 1.54) is 25.2 Å². The van der Waals surface area contributed by atoms with Gasteiger partial charge < -0.3 is 11.1 Å². The molecule has 0 unspecified atom stereocenters. The predicted octanol–water partition coefficient (Wildman–Crippen LogP) is 1.79. The van der Waals surface area contributed by atoms with Crippen molar-refractivity contribution in [3.63, 3.8) is 0 Å². The standard InChI is InChI=1S/C14H14N4O2S/c1-17-21(19,20)12-5-6-13(16)14(8-12)18-11-4-2-3-10(7-11)9-15/h2-8,17-18H,16H2,1H3. The SMILES string of the molecule is CNS(=O)(=O)c1ccc(N)c(Nc2cccc(C#N)c2)c1. The molecule has 0 heterocycles. The van der Waals surface area contributed by atoms with Gasteiger partial charge in [0, 0.05) is 5.69 Å². The van der Waals surface area contributed by atoms with E-state index in [2.05, 4.69) is 10.0 Å². The van der Waals surface area contributed by atoms with E-state index in [4.69, 9.17) is 11.0 Å². The van der Waals surface area contributed by atoms with Crippen LogP contribution in [-0.2, 0) is 10.0 Å². The molecule has 0 fully saturated rings. The Bertz CT molecular complexity index is 810. The molecule has 0 amide bonds. The Balaban J connectivity index is 2.40. The first-order chi connectivity index (χ1) is 9.96. The van der Waals surface area contributed by atoms with Crippen molar-refractivity contribution in [2.45, 2.75) is 4.90 Å². The summed E-state index contributed by atoms with van der Waals surface area (Å²) in [5.41, 5.74) is 7.87. The Kier molecular flexibility index (Phi) is 4.12. The van der Waals surface area contributed by atoms with E-state index in [1.807, 2.05) is 6.07 Å². The number of nitrogens with one attached hydrogen (secondary N) is 2. The van der Waals surface area contributed by atoms with E-state index < -0.39 is 10.0 Å². The number of benzene rings is 2. The van der Waals surface area contributed by atoms with Crippen LogP contribution in [0.2, 0.25) is 0 Å². The fourth-order valence-electron chi connectivity index (χ4n) is 1.75. The molecule has 0 saturated carbocycles. The largest absolute Gasteiger partial charge is 0.397 e. The molecule has 0 aliphatic heterocycles. The summed E-state index contributed by atoms with van der Waals surface area (Å²) in [6, 6.07) is 13.2. The number of nitrogens with two attached hydrogens (primary N) is 1. The molecular weight excluding hydrogens is 288 g/mol. The van der Waals surface area contributed by atoms with Crippen molar-refractivity contribution in [1.82, 2.24) is 4.72 Å². The normalized spacial score (nSPS) is 10.9. The van der Waals surface area contributed by atoms with Crippen LogP contribution in [0.25, 0.3) is 0 Å². The molecule has 2 aromatic carbocycles. The van der Waals surface area contributed by atoms with Gasteiger partial charge in [-0.25, -0.2) is 13.1 Å². The average Bonchev–Trinajstić information content (AvgIpc) is 2.49. The van der Waals surface area contributed by atoms with Crippen LogP contribution in [-0.4, -0.2) is 15.5 Å². The van der Waals surface area contributed by atoms with Crippen molar-refractivity contribution in [1.29, 1.82) is 5.26 Å². The van der Waals surface area contributed by atoms with Crippen molar-refractivity contribution in [3.05, 3.63) is 48.0 Å². The van der Waals surface area contributed by atoms with Crippen molar-refractivity contribution in [2.24, 2.45) is 0 Å². The molecule has 2 aromatic rings. The summed E-state index contributed by atoms with van der Waals surface area (Å²) in [6.07, 6.45) is 0. The van der Waals surface area contributed by atoms with Crippen LogP contribution in [0.15, 0.2) is 47.4 Å². The fraction of sp³-hybridized carbons (Fsp3) is 0.0714. The summed E-state index contributed by atoms with van der Waals surface area (Å²) in [5, 5.41) is 11.9. The van der Waals surface area contributed by atoms with Crippen molar-refractivity contribution in [3.8, 4) is 6.07 Å². The van der Waals surface area contributed by atoms with Crippen molar-refractivity contribution >= 4 is 27.1 Å². The molecule has 0 aliphatic rings. The van der Waals surface area contributed by atoms with Crippen LogP contribution in [0, 0.1) is 11.3 Å². The number of nitrogen functional groups attached to an aromatic ring is 1. The Morgan fingerprint density at radius 1 is 1.19 bits per heavy atom. The molecule has 0 aromatic heterocycles. The third kappa shape index (κ3) is 3.31. The molecule has 0 saturated heterocycles. The van der Waals surface area contributed by atoms with Crippen LogP contribution in [0.1, 0.15) is 5.56 Å². The quantitative estimate of drug-likeness (QED) is 0.746. The summed E-state index contributed by atoms with van der Waals surface area (Å²) in [5.74, 6) is 0. The van der Waals surface area contributed by atoms with Gasteiger partial charge in [0.05, 0.1) is 27.9 Å². The molecule has 4 N–H and O–H groups in total. The number of sulfonamides is 1. The molecular formula is C14H14N4O2S. The summed E-state index contributed by atoms with van der Waals surface area (Å²) in [6.45, 7) is 0. The summed E-state index contributed by atoms with van der Waals surface area (Å²) < 4.78 is 25.8. The highest BCUT2D eigenvalue weighted by Crippen LogP contribution is 2.26. The first-order valence-electron chi connectivity index (χ1n) is 6.06. The Hall–Kier alpha value is -2.56. The summed E-state index contributed by atoms with van der Waals surface area (Å²) in [7, 11) is -2.20. The molecule has 0 bridgehead atoms. The van der Waals surface area contributed by atoms with Gasteiger partial charge in [-0.1, -0.05) is 6.07 Å². The smallest absolute Gasteiger partial charge is 0.240 e. The maximum atomic E-state index is 11.8. The van der Waals surface area contributed by atoms with E-state index in [1.54, 1.807) is 24.3 Å². The zero-order valence-electron chi connectivity index (χ0n) is 11.3. The van der Waals surface area contributed by atoms with Crippen LogP contribution in [0.3, 0.4) is 0 Å². The van der Waals surface area contributed by atoms with Gasteiger partial charge in [-0.2, -0.15) is 5.26 Å². The number of anilines is 3. The molecule has 108 valence electrons. The maximum absolute atomic E-state index is 11.8. The number of hydrogen-bond acceptors (Lipinski definition) is 5. The number of hydrogen-bond donors (Lipinski definition) is 3. The average molecular weight is 302 g/mol. The van der Waals surface area contributed by atoms with E-state index in [-0.39, 0.29) is 4.90 Å². The molecule has 21 heavy (non-hydrogen) atoms. The molecule has 7 heteroatoms. The number of nitriles is 1. The van der Waals surface area contributed by atoms with Gasteiger partial charge in [-0.05, 0) is 43.4 Å². The highest BCUT2D eigenvalue weighted by atomic mass is 32.2. The van der Waals surface area contributed by atoms with Gasteiger partial charge in [0.2, 0.25) is 10.0 Å². The third-order valence-corrected chi connectivity index (χ3v) is 4.29. The van der Waals surface area contributed by atoms with Crippen molar-refractivity contribution < 1.29 is 8.42 Å². The predicted molar refractivity (Wildman–Crippen MR) is 81.5 cm³/mol. The number of rotatable bonds is 4. The second-order valence-electron chi connectivity index (χ2n) is 4.27. The zero-order valence-corrected chi connectivity index (χ0v) is 12.1. The van der Waals surface area contributed by atoms with E-state index >= 15 is 0 Å². The minimum atomic E-state index is -3.54. The second kappa shape index (κ2) is 5.83. The van der Waals surface area contributed by atoms with Gasteiger partial charge in [0.15, 0.2) is 0 Å². The van der Waals surface area contributed by atoms with Crippen LogP contribution in [0.4, 0.5) is 17.1 Å². The summed E-state index contributed by atoms with van der Waals surface area (Å²) in [4.78, 5) is 0.109. The number of nitrogens with zero attached hydrogens (tertiary/aromatic N) is 1. The second-order valence-corrected chi connectivity index (χ2v) is 6.16. The minimum Gasteiger partial charge on any atom is -0.397 e. The lowest BCUT2D eigenvalue weighted by atomic mass is 10.2. The Morgan fingerprint density at radius 2 is 1.95 bits per heavy atom. The summed E-state index contributed by atoms with van der Waals surface area (Å²) >= 11 is 0. The first-order valence-corrected chi connectivity index (χ1v) is 7.55. The van der Waals surface area contributed by atoms with Crippen LogP contribution < -0.4 is 15.8 Å². The van der Waals surface area contributed by atoms with Gasteiger partial charge in [0.25, 0.3) is 0 Å². The van der Waals surface area contributed by atoms with E-state index in [9.17, 15) is 8.42 Å². The fourth-order valence-corrected chi connectivity index (χ4v) is 2.51. The highest BCUT2D eigenvalue weighted by molar-refractivity contribution is 7.89. The van der Waals surface area contributed by atoms with E-state index in [0.717, 1.165) is 0 Å². The lowest BCUT2D eigenvalue weighted by Crippen LogP contribution is -2.18. The van der Waals surface area contributed by atoms with Gasteiger partial charge in [-0.3, -0.25) is 0 Å². The topological polar surface area (TPSA) is 108 Å². The van der Waals surface area contributed by atoms with Crippen LogP contribution >= 0.6 is 0 Å². The van der Waals surface area contributed by atoms with Gasteiger partial charge >= 0.3 is 0 Å². The lowest BCUT2D eigenvalue weighted by Gasteiger charge is -2.11. The van der Waals surface area contributed by atoms with E-state index in [0.29, 0.717) is 22.6 Å². The minimum absolute atomic E-state index is 0.109. The van der Waals surface area contributed by atoms with Gasteiger partial charge in [0.1, 0.15) is 0 Å². The third-order valence-electron chi connectivity index (χ3n) is 2.87. The van der Waals surface area contributed by atoms with Gasteiger partial charge in [-0.15, -0.1) is 0 Å². The molecule has 0 radical (unpaired) electrons. The monoisotopic (exact) mass is 302 g/mol. The molecule has 0 spiro atoms. The first kappa shape index (κ1) is 14.8. The molecule has 0 atom stereocenters. The Labute approximate surface area is 123 Å². The molecule has 0 aliphatic carbocycles. The Morgan fingerprint density at radius 3 is 2.62 bits per heavy atom. The molecule has 2 rings (SSSR count). The maximum Gasteiger partial charge on any atom is 0.240 e. The lowest BCUT2D eigenvalue weighted by molar-refractivity contribution is 0.588. The van der Waals surface area contributed by atoms with Crippen molar-refractivity contribution in [2.75, 3.05) is 18.1 Å². The van der Waals surface area contributed by atoms with Crippen LogP contribution in [0.5, 0.6) is 0 Å².